The molecule has 1 heterocycles. The van der Waals surface area contributed by atoms with Crippen LogP contribution >= 0.6 is 0 Å². The van der Waals surface area contributed by atoms with Crippen molar-refractivity contribution in [3.63, 3.8) is 0 Å². The van der Waals surface area contributed by atoms with Gasteiger partial charge in [-0.05, 0) is 51.8 Å². The summed E-state index contributed by atoms with van der Waals surface area (Å²) >= 11 is 0. The van der Waals surface area contributed by atoms with Gasteiger partial charge in [-0.1, -0.05) is 17.7 Å². The summed E-state index contributed by atoms with van der Waals surface area (Å²) in [6.07, 6.45) is 1.76. The Labute approximate surface area is 120 Å². The van der Waals surface area contributed by atoms with Crippen LogP contribution in [0, 0.1) is 20.8 Å². The average Bonchev–Trinajstić information content (AvgIpc) is 2.33. The zero-order valence-electron chi connectivity index (χ0n) is 12.8. The quantitative estimate of drug-likeness (QED) is 0.882. The van der Waals surface area contributed by atoms with Crippen LogP contribution < -0.4 is 10.6 Å². The van der Waals surface area contributed by atoms with Crippen LogP contribution in [0.3, 0.4) is 0 Å². The van der Waals surface area contributed by atoms with Crippen molar-refractivity contribution in [1.29, 1.82) is 0 Å². The van der Waals surface area contributed by atoms with Gasteiger partial charge in [-0.25, -0.2) is 4.98 Å². The Bertz CT molecular complexity index is 582. The van der Waals surface area contributed by atoms with Crippen molar-refractivity contribution in [2.45, 2.75) is 40.7 Å². The van der Waals surface area contributed by atoms with Crippen molar-refractivity contribution >= 4 is 17.5 Å². The van der Waals surface area contributed by atoms with Gasteiger partial charge in [0.1, 0.15) is 5.82 Å². The van der Waals surface area contributed by atoms with Crippen molar-refractivity contribution in [1.82, 2.24) is 9.97 Å². The van der Waals surface area contributed by atoms with Crippen molar-refractivity contribution in [3.05, 3.63) is 41.1 Å². The van der Waals surface area contributed by atoms with E-state index in [0.717, 1.165) is 11.5 Å². The summed E-state index contributed by atoms with van der Waals surface area (Å²) in [5.74, 6) is 1.45. The molecular weight excluding hydrogens is 248 g/mol. The normalized spacial score (nSPS) is 10.7. The van der Waals surface area contributed by atoms with Crippen molar-refractivity contribution in [2.75, 3.05) is 10.6 Å². The van der Waals surface area contributed by atoms with Gasteiger partial charge in [-0.15, -0.1) is 0 Å². The SMILES string of the molecule is Cc1cc(C)c(Nc2nccc(NC(C)C)n2)c(C)c1. The molecule has 0 aliphatic carbocycles. The van der Waals surface area contributed by atoms with E-state index in [1.54, 1.807) is 6.20 Å². The molecule has 0 radical (unpaired) electrons. The number of hydrogen-bond acceptors (Lipinski definition) is 4. The standard InChI is InChI=1S/C16H22N4/c1-10(2)18-14-6-7-17-16(19-14)20-15-12(4)8-11(3)9-13(15)5/h6-10H,1-5H3,(H2,17,18,19,20). The van der Waals surface area contributed by atoms with Crippen LogP contribution in [0.5, 0.6) is 0 Å². The molecule has 0 bridgehead atoms. The molecule has 0 saturated heterocycles. The fourth-order valence-electron chi connectivity index (χ4n) is 2.28. The molecule has 0 saturated carbocycles. The lowest BCUT2D eigenvalue weighted by molar-refractivity contribution is 0.887. The van der Waals surface area contributed by atoms with E-state index in [1.807, 2.05) is 6.07 Å². The van der Waals surface area contributed by atoms with Crippen molar-refractivity contribution in [2.24, 2.45) is 0 Å². The molecular formula is C16H22N4. The highest BCUT2D eigenvalue weighted by Gasteiger charge is 2.06. The van der Waals surface area contributed by atoms with Crippen LogP contribution in [-0.2, 0) is 0 Å². The molecule has 1 aromatic heterocycles. The summed E-state index contributed by atoms with van der Waals surface area (Å²) in [4.78, 5) is 8.76. The minimum Gasteiger partial charge on any atom is -0.368 e. The number of anilines is 3. The van der Waals surface area contributed by atoms with Gasteiger partial charge in [0.05, 0.1) is 0 Å². The second-order valence-corrected chi connectivity index (χ2v) is 5.46. The van der Waals surface area contributed by atoms with Gasteiger partial charge < -0.3 is 10.6 Å². The summed E-state index contributed by atoms with van der Waals surface area (Å²) in [6.45, 7) is 10.5. The van der Waals surface area contributed by atoms with Crippen LogP contribution in [0.1, 0.15) is 30.5 Å². The summed E-state index contributed by atoms with van der Waals surface area (Å²) in [7, 11) is 0. The molecule has 4 heteroatoms. The third-order valence-electron chi connectivity index (χ3n) is 3.01. The van der Waals surface area contributed by atoms with Gasteiger partial charge in [-0.3, -0.25) is 0 Å². The summed E-state index contributed by atoms with van der Waals surface area (Å²) in [5, 5.41) is 6.60. The first-order valence-corrected chi connectivity index (χ1v) is 6.90. The number of nitrogens with zero attached hydrogens (tertiary/aromatic N) is 2. The van der Waals surface area contributed by atoms with Crippen LogP contribution in [0.15, 0.2) is 24.4 Å². The van der Waals surface area contributed by atoms with E-state index >= 15 is 0 Å². The smallest absolute Gasteiger partial charge is 0.229 e. The second-order valence-electron chi connectivity index (χ2n) is 5.46. The molecule has 0 amide bonds. The molecule has 1 aromatic carbocycles. The van der Waals surface area contributed by atoms with Gasteiger partial charge in [0.25, 0.3) is 0 Å². The minimum atomic E-state index is 0.348. The van der Waals surface area contributed by atoms with E-state index < -0.39 is 0 Å². The van der Waals surface area contributed by atoms with Gasteiger partial charge >= 0.3 is 0 Å². The van der Waals surface area contributed by atoms with Crippen LogP contribution in [0.2, 0.25) is 0 Å². The number of rotatable bonds is 4. The van der Waals surface area contributed by atoms with E-state index in [-0.39, 0.29) is 0 Å². The lowest BCUT2D eigenvalue weighted by atomic mass is 10.1. The van der Waals surface area contributed by atoms with Gasteiger partial charge in [0.2, 0.25) is 5.95 Å². The number of nitrogens with one attached hydrogen (secondary N) is 2. The Morgan fingerprint density at radius 2 is 1.70 bits per heavy atom. The van der Waals surface area contributed by atoms with Gasteiger partial charge in [-0.2, -0.15) is 4.98 Å². The molecule has 2 rings (SSSR count). The Balaban J connectivity index is 2.26. The predicted octanol–water partition coefficient (Wildman–Crippen LogP) is 3.97. The fraction of sp³-hybridized carbons (Fsp3) is 0.375. The van der Waals surface area contributed by atoms with Gasteiger partial charge in [0.15, 0.2) is 0 Å². The maximum absolute atomic E-state index is 4.48. The third-order valence-corrected chi connectivity index (χ3v) is 3.01. The first-order valence-electron chi connectivity index (χ1n) is 6.90. The van der Waals surface area contributed by atoms with E-state index in [9.17, 15) is 0 Å². The highest BCUT2D eigenvalue weighted by atomic mass is 15.1. The highest BCUT2D eigenvalue weighted by Crippen LogP contribution is 2.24. The highest BCUT2D eigenvalue weighted by molar-refractivity contribution is 5.64. The first-order chi connectivity index (χ1) is 9.45. The zero-order chi connectivity index (χ0) is 14.7. The molecule has 0 aliphatic rings. The Morgan fingerprint density at radius 3 is 2.30 bits per heavy atom. The van der Waals surface area contributed by atoms with Crippen LogP contribution in [-0.4, -0.2) is 16.0 Å². The molecule has 2 N–H and O–H groups in total. The monoisotopic (exact) mass is 270 g/mol. The Kier molecular flexibility index (Phi) is 4.23. The van der Waals surface area contributed by atoms with Gasteiger partial charge in [0, 0.05) is 17.9 Å². The summed E-state index contributed by atoms with van der Waals surface area (Å²) < 4.78 is 0. The molecule has 0 atom stereocenters. The Morgan fingerprint density at radius 1 is 1.05 bits per heavy atom. The van der Waals surface area contributed by atoms with Crippen LogP contribution in [0.4, 0.5) is 17.5 Å². The van der Waals surface area contributed by atoms with E-state index in [0.29, 0.717) is 12.0 Å². The maximum Gasteiger partial charge on any atom is 0.229 e. The number of benzene rings is 1. The molecule has 2 aromatic rings. The number of hydrogen-bond donors (Lipinski definition) is 2. The van der Waals surface area contributed by atoms with E-state index in [4.69, 9.17) is 0 Å². The third kappa shape index (κ3) is 3.47. The second kappa shape index (κ2) is 5.90. The predicted molar refractivity (Wildman–Crippen MR) is 84.7 cm³/mol. The lowest BCUT2D eigenvalue weighted by Crippen LogP contribution is -2.12. The molecule has 20 heavy (non-hydrogen) atoms. The molecule has 106 valence electrons. The average molecular weight is 270 g/mol. The fourth-order valence-corrected chi connectivity index (χ4v) is 2.28. The zero-order valence-corrected chi connectivity index (χ0v) is 12.8. The molecule has 4 nitrogen and oxygen atoms in total. The minimum absolute atomic E-state index is 0.348. The van der Waals surface area contributed by atoms with Crippen molar-refractivity contribution in [3.8, 4) is 0 Å². The molecule has 0 spiro atoms. The molecule has 0 unspecified atom stereocenters. The lowest BCUT2D eigenvalue weighted by Gasteiger charge is -2.14. The number of aryl methyl sites for hydroxylation is 3. The summed E-state index contributed by atoms with van der Waals surface area (Å²) in [5.41, 5.74) is 4.75. The summed E-state index contributed by atoms with van der Waals surface area (Å²) in [6, 6.07) is 6.54. The molecule has 0 aliphatic heterocycles. The maximum atomic E-state index is 4.48. The largest absolute Gasteiger partial charge is 0.368 e. The van der Waals surface area contributed by atoms with Crippen LogP contribution in [0.25, 0.3) is 0 Å². The number of aromatic nitrogens is 2. The topological polar surface area (TPSA) is 49.8 Å². The van der Waals surface area contributed by atoms with Crippen molar-refractivity contribution < 1.29 is 0 Å². The Hall–Kier alpha value is -2.10. The first kappa shape index (κ1) is 14.3. The van der Waals surface area contributed by atoms with E-state index in [2.05, 4.69) is 67.4 Å². The van der Waals surface area contributed by atoms with E-state index in [1.165, 1.54) is 16.7 Å². The molecule has 0 fully saturated rings.